The summed E-state index contributed by atoms with van der Waals surface area (Å²) in [6.07, 6.45) is 0. The van der Waals surface area contributed by atoms with Crippen molar-refractivity contribution in [2.45, 2.75) is 0 Å². The fourth-order valence-electron chi connectivity index (χ4n) is 0.502. The first-order valence-corrected chi connectivity index (χ1v) is 3.75. The number of aromatic carboxylic acids is 1. The largest absolute Gasteiger partial charge is 0.477 e. The Balaban J connectivity index is 3.15. The number of hydrogen-bond donors (Lipinski definition) is 1. The van der Waals surface area contributed by atoms with Crippen LogP contribution in [0.2, 0.25) is 0 Å². The van der Waals surface area contributed by atoms with Gasteiger partial charge in [0.15, 0.2) is 5.69 Å². The highest BCUT2D eigenvalue weighted by Gasteiger charge is 2.10. The Labute approximate surface area is 65.1 Å². The van der Waals surface area contributed by atoms with Crippen molar-refractivity contribution in [1.82, 2.24) is 4.98 Å². The van der Waals surface area contributed by atoms with E-state index in [1.54, 1.807) is 0 Å². The van der Waals surface area contributed by atoms with Crippen LogP contribution in [-0.2, 0) is 0 Å². The highest BCUT2D eigenvalue weighted by atomic mass is 32.1. The number of rotatable bonds is 1. The van der Waals surface area contributed by atoms with Crippen molar-refractivity contribution in [3.05, 3.63) is 5.69 Å². The Kier molecular flexibility index (Phi) is 2.07. The van der Waals surface area contributed by atoms with Gasteiger partial charge in [0.25, 0.3) is 0 Å². The summed E-state index contributed by atoms with van der Waals surface area (Å²) < 4.78 is 0.840. The molecule has 1 heterocycles. The summed E-state index contributed by atoms with van der Waals surface area (Å²) in [6.45, 7) is 0. The average molecular weight is 171 g/mol. The van der Waals surface area contributed by atoms with E-state index in [2.05, 4.69) is 14.2 Å². The summed E-state index contributed by atoms with van der Waals surface area (Å²) in [5.74, 6) is -1.08. The van der Waals surface area contributed by atoms with E-state index in [1.807, 2.05) is 0 Å². The van der Waals surface area contributed by atoms with Gasteiger partial charge in [0.2, 0.25) is 0 Å². The van der Waals surface area contributed by atoms with E-state index >= 15 is 0 Å². The fraction of sp³-hybridized carbons (Fsp3) is 0. The molecule has 0 amide bonds. The van der Waals surface area contributed by atoms with Crippen LogP contribution < -0.4 is 9.53 Å². The molecule has 10 heavy (non-hydrogen) atoms. The van der Waals surface area contributed by atoms with Gasteiger partial charge in [-0.25, -0.2) is 9.78 Å². The molecule has 0 bridgehead atoms. The summed E-state index contributed by atoms with van der Waals surface area (Å²) in [4.78, 5) is 14.0. The molecular formula is C4H3BNO2PS. The minimum absolute atomic E-state index is 0.0602. The van der Waals surface area contributed by atoms with E-state index in [0.29, 0.717) is 4.75 Å². The van der Waals surface area contributed by atoms with Gasteiger partial charge in [0, 0.05) is 0 Å². The van der Waals surface area contributed by atoms with E-state index < -0.39 is 5.97 Å². The lowest BCUT2D eigenvalue weighted by molar-refractivity contribution is 0.0693. The van der Waals surface area contributed by atoms with Gasteiger partial charge in [-0.05, 0) is 4.78 Å². The Hall–Kier alpha value is -0.405. The molecule has 1 aromatic rings. The zero-order valence-electron chi connectivity index (χ0n) is 4.87. The molecule has 0 fully saturated rings. The minimum Gasteiger partial charge on any atom is -0.477 e. The fourth-order valence-corrected chi connectivity index (χ4v) is 1.60. The van der Waals surface area contributed by atoms with Gasteiger partial charge >= 0.3 is 5.97 Å². The first kappa shape index (κ1) is 7.70. The van der Waals surface area contributed by atoms with Crippen LogP contribution in [0.25, 0.3) is 0 Å². The SMILES string of the molecule is [B]c1sc(P)nc1C(=O)O. The molecule has 0 aliphatic rings. The van der Waals surface area contributed by atoms with Crippen LogP contribution in [-0.4, -0.2) is 23.9 Å². The minimum atomic E-state index is -1.08. The van der Waals surface area contributed by atoms with Gasteiger partial charge in [-0.1, -0.05) is 9.24 Å². The maximum Gasteiger partial charge on any atom is 0.354 e. The normalized spacial score (nSPS) is 9.70. The first-order valence-electron chi connectivity index (χ1n) is 2.36. The van der Waals surface area contributed by atoms with Gasteiger partial charge < -0.3 is 5.11 Å². The predicted octanol–water partition coefficient (Wildman–Crippen LogP) is -0.865. The van der Waals surface area contributed by atoms with Crippen LogP contribution in [0.15, 0.2) is 0 Å². The summed E-state index contributed by atoms with van der Waals surface area (Å²) in [7, 11) is 7.60. The number of carboxylic acid groups (broad SMARTS) is 1. The van der Waals surface area contributed by atoms with Crippen molar-refractivity contribution in [3.8, 4) is 0 Å². The second-order valence-corrected chi connectivity index (χ2v) is 3.60. The molecule has 0 saturated heterocycles. The summed E-state index contributed by atoms with van der Waals surface area (Å²) >= 11 is 1.15. The van der Waals surface area contributed by atoms with Gasteiger partial charge in [0.05, 0.1) is 0 Å². The van der Waals surface area contributed by atoms with Gasteiger partial charge in [-0.2, -0.15) is 0 Å². The van der Waals surface area contributed by atoms with Crippen molar-refractivity contribution >= 4 is 43.9 Å². The third-order valence-electron chi connectivity index (χ3n) is 0.872. The highest BCUT2D eigenvalue weighted by molar-refractivity contribution is 7.45. The van der Waals surface area contributed by atoms with E-state index in [9.17, 15) is 4.79 Å². The average Bonchev–Trinajstić information content (AvgIpc) is 2.10. The zero-order valence-corrected chi connectivity index (χ0v) is 6.84. The Bertz CT molecular complexity index is 274. The van der Waals surface area contributed by atoms with E-state index in [4.69, 9.17) is 13.0 Å². The van der Waals surface area contributed by atoms with Crippen LogP contribution in [0.5, 0.6) is 0 Å². The monoisotopic (exact) mass is 171 g/mol. The van der Waals surface area contributed by atoms with Crippen molar-refractivity contribution in [2.75, 3.05) is 0 Å². The molecule has 0 spiro atoms. The third-order valence-corrected chi connectivity index (χ3v) is 2.07. The molecule has 1 aromatic heterocycles. The molecule has 0 aliphatic heterocycles. The van der Waals surface area contributed by atoms with Crippen molar-refractivity contribution in [3.63, 3.8) is 0 Å². The lowest BCUT2D eigenvalue weighted by atomic mass is 10.1. The van der Waals surface area contributed by atoms with Crippen molar-refractivity contribution in [2.24, 2.45) is 0 Å². The second-order valence-electron chi connectivity index (χ2n) is 1.57. The maximum absolute atomic E-state index is 10.3. The van der Waals surface area contributed by atoms with Gasteiger partial charge in [-0.3, -0.25) is 0 Å². The quantitative estimate of drug-likeness (QED) is 0.441. The molecule has 2 radical (unpaired) electrons. The molecule has 6 heteroatoms. The summed E-state index contributed by atoms with van der Waals surface area (Å²) in [6, 6.07) is 0. The number of carboxylic acids is 1. The van der Waals surface area contributed by atoms with E-state index in [0.717, 1.165) is 11.3 Å². The van der Waals surface area contributed by atoms with Crippen molar-refractivity contribution in [1.29, 1.82) is 0 Å². The standard InChI is InChI=1S/C4H3BNO2PS/c5-2-1(3(7)8)6-4(9)10-2/h9H2,(H,7,8). The van der Waals surface area contributed by atoms with E-state index in [-0.39, 0.29) is 10.5 Å². The van der Waals surface area contributed by atoms with Crippen LogP contribution in [0.4, 0.5) is 0 Å². The predicted molar refractivity (Wildman–Crippen MR) is 43.8 cm³/mol. The molecule has 0 saturated carbocycles. The first-order chi connectivity index (χ1) is 4.61. The molecular weight excluding hydrogens is 168 g/mol. The molecule has 1 N–H and O–H groups in total. The van der Waals surface area contributed by atoms with Crippen molar-refractivity contribution < 1.29 is 9.90 Å². The Morgan fingerprint density at radius 2 is 2.40 bits per heavy atom. The number of hydrogen-bond acceptors (Lipinski definition) is 3. The molecule has 1 rings (SSSR count). The molecule has 0 aromatic carbocycles. The summed E-state index contributed by atoms with van der Waals surface area (Å²) in [5.41, 5.74) is -0.0602. The lowest BCUT2D eigenvalue weighted by Crippen LogP contribution is -2.11. The molecule has 1 unspecified atom stereocenters. The topological polar surface area (TPSA) is 50.2 Å². The molecule has 0 aliphatic carbocycles. The number of aromatic nitrogens is 1. The van der Waals surface area contributed by atoms with Crippen LogP contribution in [0.1, 0.15) is 10.5 Å². The number of thiazole rings is 1. The molecule has 1 atom stereocenters. The van der Waals surface area contributed by atoms with Crippen LogP contribution in [0.3, 0.4) is 0 Å². The maximum atomic E-state index is 10.3. The van der Waals surface area contributed by atoms with E-state index in [1.165, 1.54) is 0 Å². The third kappa shape index (κ3) is 1.36. The number of nitrogens with zero attached hydrogens (tertiary/aromatic N) is 1. The summed E-state index contributed by atoms with van der Waals surface area (Å²) in [5, 5.41) is 8.43. The smallest absolute Gasteiger partial charge is 0.354 e. The zero-order chi connectivity index (χ0) is 7.72. The van der Waals surface area contributed by atoms with Crippen LogP contribution >= 0.6 is 20.6 Å². The van der Waals surface area contributed by atoms with Gasteiger partial charge in [-0.15, -0.1) is 11.3 Å². The van der Waals surface area contributed by atoms with Crippen LogP contribution in [0, 0.1) is 0 Å². The van der Waals surface area contributed by atoms with Gasteiger partial charge in [0.1, 0.15) is 12.6 Å². The highest BCUT2D eigenvalue weighted by Crippen LogP contribution is 1.97. The lowest BCUT2D eigenvalue weighted by Gasteiger charge is -1.85. The Morgan fingerprint density at radius 1 is 1.80 bits per heavy atom. The Morgan fingerprint density at radius 3 is 2.60 bits per heavy atom. The second kappa shape index (κ2) is 2.68. The molecule has 3 nitrogen and oxygen atoms in total. The number of carbonyl (C=O) groups is 1. The molecule has 50 valence electrons.